The van der Waals surface area contributed by atoms with Gasteiger partial charge in [0, 0.05) is 29.2 Å². The predicted octanol–water partition coefficient (Wildman–Crippen LogP) is 22.7. The van der Waals surface area contributed by atoms with Crippen molar-refractivity contribution in [2.45, 2.75) is 168 Å². The van der Waals surface area contributed by atoms with Crippen LogP contribution in [0.25, 0.3) is 55.2 Å². The molecule has 0 aliphatic heterocycles. The van der Waals surface area contributed by atoms with Crippen molar-refractivity contribution < 1.29 is 0 Å². The summed E-state index contributed by atoms with van der Waals surface area (Å²) in [6.45, 7) is 27.6. The highest BCUT2D eigenvalue weighted by Gasteiger charge is 2.33. The van der Waals surface area contributed by atoms with Gasteiger partial charge in [0.25, 0.3) is 0 Å². The third-order valence-corrected chi connectivity index (χ3v) is 19.8. The molecule has 0 spiro atoms. The second-order valence-corrected chi connectivity index (χ2v) is 29.9. The van der Waals surface area contributed by atoms with Gasteiger partial charge < -0.3 is 0 Å². The first-order valence-corrected chi connectivity index (χ1v) is 32.9. The van der Waals surface area contributed by atoms with Crippen LogP contribution in [0.2, 0.25) is 0 Å². The molecule has 1 aromatic heterocycles. The lowest BCUT2D eigenvalue weighted by Gasteiger charge is -2.33. The first-order chi connectivity index (χ1) is 41.7. The van der Waals surface area contributed by atoms with Crippen LogP contribution < -0.4 is 0 Å². The van der Waals surface area contributed by atoms with Gasteiger partial charge in [-0.2, -0.15) is 8.75 Å². The first kappa shape index (κ1) is 58.2. The third-order valence-electron chi connectivity index (χ3n) is 19.3. The summed E-state index contributed by atoms with van der Waals surface area (Å²) in [5.74, 6) is 0.106. The van der Waals surface area contributed by atoms with Crippen LogP contribution in [-0.2, 0) is 34.5 Å². The van der Waals surface area contributed by atoms with Gasteiger partial charge in [0.1, 0.15) is 11.0 Å². The first-order valence-electron chi connectivity index (χ1n) is 32.2. The van der Waals surface area contributed by atoms with Gasteiger partial charge in [0.15, 0.2) is 0 Å². The van der Waals surface area contributed by atoms with Crippen molar-refractivity contribution >= 4 is 56.6 Å². The Bertz CT molecular complexity index is 4290. The molecule has 3 nitrogen and oxygen atoms in total. The molecule has 2 unspecified atom stereocenters. The molecule has 438 valence electrons. The van der Waals surface area contributed by atoms with Crippen molar-refractivity contribution in [3.05, 3.63) is 265 Å². The molecule has 0 radical (unpaired) electrons. The van der Waals surface area contributed by atoms with E-state index in [0.717, 1.165) is 35.1 Å². The van der Waals surface area contributed by atoms with Gasteiger partial charge in [-0.1, -0.05) is 279 Å². The molecular weight excluding hydrogens is 1070 g/mol. The van der Waals surface area contributed by atoms with Crippen LogP contribution in [0.4, 0.5) is 5.69 Å². The van der Waals surface area contributed by atoms with Gasteiger partial charge in [-0.15, -0.1) is 0 Å². The van der Waals surface area contributed by atoms with E-state index in [4.69, 9.17) is 13.7 Å². The van der Waals surface area contributed by atoms with Crippen LogP contribution in [0.3, 0.4) is 0 Å². The van der Waals surface area contributed by atoms with Crippen LogP contribution in [-0.4, -0.2) is 15.0 Å². The second-order valence-electron chi connectivity index (χ2n) is 29.4. The zero-order valence-electron chi connectivity index (χ0n) is 53.5. The van der Waals surface area contributed by atoms with E-state index in [1.54, 1.807) is 0 Å². The number of hydrogen-bond acceptors (Lipinski definition) is 4. The Morgan fingerprint density at radius 2 is 0.724 bits per heavy atom. The van der Waals surface area contributed by atoms with Crippen LogP contribution in [0, 0.1) is 0 Å². The van der Waals surface area contributed by atoms with E-state index in [2.05, 4.69) is 265 Å². The Labute approximate surface area is 522 Å². The summed E-state index contributed by atoms with van der Waals surface area (Å²) in [5.41, 5.74) is 30.6. The molecule has 10 aromatic rings. The molecule has 1 heterocycles. The Morgan fingerprint density at radius 3 is 1.11 bits per heavy atom. The maximum atomic E-state index is 5.12. The normalized spacial score (nSPS) is 16.7. The summed E-state index contributed by atoms with van der Waals surface area (Å²) < 4.78 is 10.2. The lowest BCUT2D eigenvalue weighted by atomic mass is 9.70. The summed E-state index contributed by atoms with van der Waals surface area (Å²) in [7, 11) is 0. The number of aliphatic imine (C=N–C) groups is 1. The molecule has 0 N–H and O–H groups in total. The van der Waals surface area contributed by atoms with Gasteiger partial charge >= 0.3 is 0 Å². The molecule has 2 atom stereocenters. The molecule has 13 rings (SSSR count). The van der Waals surface area contributed by atoms with Crippen molar-refractivity contribution in [1.29, 1.82) is 0 Å². The van der Waals surface area contributed by atoms with E-state index < -0.39 is 0 Å². The largest absolute Gasteiger partial charge is 0.256 e. The number of aromatic nitrogens is 2. The lowest BCUT2D eigenvalue weighted by molar-refractivity contribution is 0.582. The average Bonchev–Trinajstić information content (AvgIpc) is 0.804. The lowest BCUT2D eigenvalue weighted by Crippen LogP contribution is -2.14. The van der Waals surface area contributed by atoms with Gasteiger partial charge in [-0.3, -0.25) is 4.99 Å². The number of hydrogen-bond donors (Lipinski definition) is 0. The predicted molar refractivity (Wildman–Crippen MR) is 373 cm³/mol. The molecule has 87 heavy (non-hydrogen) atoms. The van der Waals surface area contributed by atoms with Gasteiger partial charge in [0.2, 0.25) is 0 Å². The van der Waals surface area contributed by atoms with E-state index in [9.17, 15) is 0 Å². The van der Waals surface area contributed by atoms with Crippen molar-refractivity contribution in [2.75, 3.05) is 0 Å². The van der Waals surface area contributed by atoms with Crippen molar-refractivity contribution in [3.63, 3.8) is 0 Å². The average molecular weight is 1160 g/mol. The van der Waals surface area contributed by atoms with E-state index in [0.29, 0.717) is 0 Å². The van der Waals surface area contributed by atoms with Crippen LogP contribution in [0.1, 0.15) is 217 Å². The minimum atomic E-state index is 0.0262. The topological polar surface area (TPSA) is 38.1 Å². The Morgan fingerprint density at radius 1 is 0.379 bits per heavy atom. The number of rotatable bonds is 8. The quantitative estimate of drug-likeness (QED) is 0.142. The Kier molecular flexibility index (Phi) is 15.2. The monoisotopic (exact) mass is 1160 g/mol. The Balaban J connectivity index is 0.869. The molecule has 0 bridgehead atoms. The highest BCUT2D eigenvalue weighted by molar-refractivity contribution is 7.00. The maximum Gasteiger partial charge on any atom is 0.113 e. The number of allylic oxidation sites excluding steroid dienone is 2. The van der Waals surface area contributed by atoms with Crippen molar-refractivity contribution in [2.24, 2.45) is 4.99 Å². The standard InChI is InChI=1S/C83H85N3S/c1-80(2,3)59-35-25-54(26-36-59)71-49-70(66-45-46-68-72(55-27-37-60(38-28-55)81(4,5)6)50-73(69-48-47-67(71)76(66)77(68)69)56-29-39-61(40-30-56)82(7,8)9)53-23-21-52(22-24-53)51-84-63-43-33-58(34-44-63)75-65-20-18-16-14-13-15-17-19-64(65)74(78-79(75)86-87-85-78)57-31-41-62(42-32-57)83(10,11)12/h21-51,70,72H,13-20H2,1-12H3. The zero-order chi connectivity index (χ0) is 60.6. The highest BCUT2D eigenvalue weighted by atomic mass is 32.1. The SMILES string of the molecule is CC(C)(C)c1ccc(C2=CC(c3ccc(C=Nc4ccc(-c5c6c(c(-c7ccc(C(C)(C)C)cc7)c7nsnc57)CCCCCCCC6)cc4)cc3)c3ccc4c5c(ccc2c35)C(c2ccc(C(C)(C)C)cc2)=CC4c2ccc(C(C)(C)C)cc2)cc1. The molecule has 3 aliphatic carbocycles. The molecule has 0 fully saturated rings. The minimum absolute atomic E-state index is 0.0262. The summed E-state index contributed by atoms with van der Waals surface area (Å²) in [6.07, 6.45) is 16.7. The molecule has 0 saturated carbocycles. The number of benzene rings is 9. The van der Waals surface area contributed by atoms with Crippen LogP contribution in [0.5, 0.6) is 0 Å². The zero-order valence-corrected chi connectivity index (χ0v) is 54.3. The van der Waals surface area contributed by atoms with Crippen molar-refractivity contribution in [1.82, 2.24) is 8.75 Å². The summed E-state index contributed by atoms with van der Waals surface area (Å²) in [5, 5.41) is 2.73. The van der Waals surface area contributed by atoms with Gasteiger partial charge in [-0.25, -0.2) is 0 Å². The molecule has 3 aliphatic rings. The van der Waals surface area contributed by atoms with E-state index in [1.807, 2.05) is 6.21 Å². The number of fused-ring (bicyclic) bond motifs is 2. The molecular formula is C83H85N3S. The van der Waals surface area contributed by atoms with Gasteiger partial charge in [0.05, 0.1) is 17.4 Å². The molecule has 0 amide bonds. The summed E-state index contributed by atoms with van der Waals surface area (Å²) >= 11 is 1.35. The van der Waals surface area contributed by atoms with Crippen LogP contribution in [0.15, 0.2) is 187 Å². The Hall–Kier alpha value is -7.79. The molecule has 0 saturated heterocycles. The van der Waals surface area contributed by atoms with Crippen molar-refractivity contribution in [3.8, 4) is 22.3 Å². The van der Waals surface area contributed by atoms with E-state index in [-0.39, 0.29) is 33.5 Å². The fourth-order valence-corrected chi connectivity index (χ4v) is 14.7. The second kappa shape index (κ2) is 22.7. The molecule has 4 heteroatoms. The minimum Gasteiger partial charge on any atom is -0.256 e. The summed E-state index contributed by atoms with van der Waals surface area (Å²) in [4.78, 5) is 5.12. The smallest absolute Gasteiger partial charge is 0.113 e. The third kappa shape index (κ3) is 11.3. The van der Waals surface area contributed by atoms with Gasteiger partial charge in [-0.05, 0) is 176 Å². The maximum absolute atomic E-state index is 5.12. The van der Waals surface area contributed by atoms with E-state index in [1.165, 1.54) is 172 Å². The fourth-order valence-electron chi connectivity index (χ4n) is 14.1. The highest BCUT2D eigenvalue weighted by Crippen LogP contribution is 2.52. The number of nitrogens with zero attached hydrogens (tertiary/aromatic N) is 3. The van der Waals surface area contributed by atoms with E-state index >= 15 is 0 Å². The fraction of sp³-hybridized carbons (Fsp3) is 0.313. The van der Waals surface area contributed by atoms with Crippen LogP contribution >= 0.6 is 11.7 Å². The summed E-state index contributed by atoms with van der Waals surface area (Å²) in [6, 6.07) is 65.4. The molecule has 9 aromatic carbocycles.